The Hall–Kier alpha value is -3.36. The van der Waals surface area contributed by atoms with Gasteiger partial charge in [0.2, 0.25) is 15.9 Å². The maximum Gasteiger partial charge on any atom is 0.243 e. The SMILES string of the molecule is CN(CC(=O)NCC(c1ccccc1)c1ccccc1)S(=O)(=O)c1ccc2c(c1)OCCO2. The first-order valence-corrected chi connectivity index (χ1v) is 12.1. The Balaban J connectivity index is 1.43. The first-order chi connectivity index (χ1) is 15.9. The lowest BCUT2D eigenvalue weighted by Crippen LogP contribution is -2.39. The number of hydrogen-bond acceptors (Lipinski definition) is 5. The highest BCUT2D eigenvalue weighted by Crippen LogP contribution is 2.33. The van der Waals surface area contributed by atoms with Crippen molar-refractivity contribution < 1.29 is 22.7 Å². The van der Waals surface area contributed by atoms with E-state index in [1.807, 2.05) is 60.7 Å². The first kappa shape index (κ1) is 22.8. The van der Waals surface area contributed by atoms with Gasteiger partial charge in [0.25, 0.3) is 0 Å². The number of carbonyl (C=O) groups is 1. The van der Waals surface area contributed by atoms with E-state index >= 15 is 0 Å². The van der Waals surface area contributed by atoms with Crippen LogP contribution in [0.1, 0.15) is 17.0 Å². The number of hydrogen-bond donors (Lipinski definition) is 1. The fraction of sp³-hybridized carbons (Fsp3) is 0.240. The van der Waals surface area contributed by atoms with E-state index in [0.29, 0.717) is 31.3 Å². The number of benzene rings is 3. The van der Waals surface area contributed by atoms with E-state index in [9.17, 15) is 13.2 Å². The van der Waals surface area contributed by atoms with Gasteiger partial charge in [-0.3, -0.25) is 4.79 Å². The lowest BCUT2D eigenvalue weighted by atomic mass is 9.91. The largest absolute Gasteiger partial charge is 0.486 e. The van der Waals surface area contributed by atoms with Crippen LogP contribution in [0, 0.1) is 0 Å². The predicted octanol–water partition coefficient (Wildman–Crippen LogP) is 3.03. The lowest BCUT2D eigenvalue weighted by Gasteiger charge is -2.22. The number of fused-ring (bicyclic) bond motifs is 1. The summed E-state index contributed by atoms with van der Waals surface area (Å²) in [7, 11) is -2.49. The van der Waals surface area contributed by atoms with Crippen LogP contribution in [0.2, 0.25) is 0 Å². The zero-order valence-electron chi connectivity index (χ0n) is 18.3. The van der Waals surface area contributed by atoms with Crippen molar-refractivity contribution in [3.05, 3.63) is 90.0 Å². The molecule has 1 heterocycles. The molecule has 7 nitrogen and oxygen atoms in total. The molecule has 1 aliphatic heterocycles. The molecule has 172 valence electrons. The van der Waals surface area contributed by atoms with Gasteiger partial charge in [-0.2, -0.15) is 4.31 Å². The highest BCUT2D eigenvalue weighted by molar-refractivity contribution is 7.89. The molecule has 0 saturated heterocycles. The monoisotopic (exact) mass is 466 g/mol. The van der Waals surface area contributed by atoms with E-state index in [4.69, 9.17) is 9.47 Å². The van der Waals surface area contributed by atoms with E-state index in [1.165, 1.54) is 19.2 Å². The van der Waals surface area contributed by atoms with Crippen LogP contribution in [0.25, 0.3) is 0 Å². The molecule has 3 aromatic rings. The molecular formula is C25H26N2O5S. The number of ether oxygens (including phenoxy) is 2. The van der Waals surface area contributed by atoms with Crippen LogP contribution in [0.5, 0.6) is 11.5 Å². The van der Waals surface area contributed by atoms with Gasteiger partial charge in [-0.25, -0.2) is 8.42 Å². The van der Waals surface area contributed by atoms with Crippen LogP contribution in [0.4, 0.5) is 0 Å². The van der Waals surface area contributed by atoms with Gasteiger partial charge in [0.1, 0.15) is 13.2 Å². The van der Waals surface area contributed by atoms with Gasteiger partial charge in [0, 0.05) is 25.6 Å². The molecule has 0 radical (unpaired) electrons. The average Bonchev–Trinajstić information content (AvgIpc) is 2.85. The van der Waals surface area contributed by atoms with Crippen molar-refractivity contribution in [1.29, 1.82) is 0 Å². The second-order valence-corrected chi connectivity index (χ2v) is 9.79. The maximum atomic E-state index is 13.0. The highest BCUT2D eigenvalue weighted by atomic mass is 32.2. The molecule has 0 bridgehead atoms. The van der Waals surface area contributed by atoms with Crippen LogP contribution in [-0.4, -0.2) is 52.0 Å². The Morgan fingerprint density at radius 1 is 0.909 bits per heavy atom. The highest BCUT2D eigenvalue weighted by Gasteiger charge is 2.26. The quantitative estimate of drug-likeness (QED) is 0.552. The summed E-state index contributed by atoms with van der Waals surface area (Å²) in [5.41, 5.74) is 2.14. The number of rotatable bonds is 8. The topological polar surface area (TPSA) is 84.9 Å². The minimum atomic E-state index is -3.87. The van der Waals surface area contributed by atoms with E-state index in [0.717, 1.165) is 15.4 Å². The average molecular weight is 467 g/mol. The van der Waals surface area contributed by atoms with Crippen molar-refractivity contribution >= 4 is 15.9 Å². The Bertz CT molecular complexity index is 1160. The van der Waals surface area contributed by atoms with Crippen molar-refractivity contribution in [2.45, 2.75) is 10.8 Å². The van der Waals surface area contributed by atoms with Gasteiger partial charge >= 0.3 is 0 Å². The van der Waals surface area contributed by atoms with Gasteiger partial charge in [0.15, 0.2) is 11.5 Å². The number of likely N-dealkylation sites (N-methyl/N-ethyl adjacent to an activating group) is 1. The molecule has 0 saturated carbocycles. The molecular weight excluding hydrogens is 440 g/mol. The van der Waals surface area contributed by atoms with E-state index in [-0.39, 0.29) is 23.3 Å². The zero-order valence-corrected chi connectivity index (χ0v) is 19.1. The Kier molecular flexibility index (Phi) is 6.96. The standard InChI is InChI=1S/C25H26N2O5S/c1-27(33(29,30)21-12-13-23-24(16-21)32-15-14-31-23)18-25(28)26-17-22(19-8-4-2-5-9-19)20-10-6-3-7-11-20/h2-13,16,22H,14-15,17-18H2,1H3,(H,26,28). The second kappa shape index (κ2) is 10.1. The minimum absolute atomic E-state index is 0.0453. The number of carbonyl (C=O) groups excluding carboxylic acids is 1. The Morgan fingerprint density at radius 3 is 2.09 bits per heavy atom. The maximum absolute atomic E-state index is 13.0. The number of nitrogens with one attached hydrogen (secondary N) is 1. The smallest absolute Gasteiger partial charge is 0.243 e. The molecule has 1 aliphatic rings. The van der Waals surface area contributed by atoms with Crippen LogP contribution < -0.4 is 14.8 Å². The normalized spacial score (nSPS) is 13.2. The number of amides is 1. The number of sulfonamides is 1. The first-order valence-electron chi connectivity index (χ1n) is 10.7. The van der Waals surface area contributed by atoms with Gasteiger partial charge in [-0.05, 0) is 23.3 Å². The van der Waals surface area contributed by atoms with Crippen molar-refractivity contribution in [3.8, 4) is 11.5 Å². The Morgan fingerprint density at radius 2 is 1.48 bits per heavy atom. The van der Waals surface area contributed by atoms with Crippen molar-refractivity contribution in [2.24, 2.45) is 0 Å². The van der Waals surface area contributed by atoms with E-state index in [1.54, 1.807) is 6.07 Å². The minimum Gasteiger partial charge on any atom is -0.486 e. The van der Waals surface area contributed by atoms with Crippen molar-refractivity contribution in [1.82, 2.24) is 9.62 Å². The molecule has 8 heteroatoms. The number of nitrogens with zero attached hydrogens (tertiary/aromatic N) is 1. The molecule has 0 aromatic heterocycles. The molecule has 0 aliphatic carbocycles. The molecule has 0 spiro atoms. The molecule has 1 amide bonds. The summed E-state index contributed by atoms with van der Waals surface area (Å²) in [5.74, 6) is 0.466. The summed E-state index contributed by atoms with van der Waals surface area (Å²) in [6, 6.07) is 24.2. The fourth-order valence-corrected chi connectivity index (χ4v) is 4.87. The molecule has 0 atom stereocenters. The molecule has 0 fully saturated rings. The third-order valence-corrected chi connectivity index (χ3v) is 7.29. The van der Waals surface area contributed by atoms with Crippen LogP contribution in [-0.2, 0) is 14.8 Å². The zero-order chi connectivity index (χ0) is 23.3. The van der Waals surface area contributed by atoms with Crippen LogP contribution in [0.3, 0.4) is 0 Å². The molecule has 3 aromatic carbocycles. The van der Waals surface area contributed by atoms with Crippen molar-refractivity contribution in [2.75, 3.05) is 33.4 Å². The third-order valence-electron chi connectivity index (χ3n) is 5.50. The van der Waals surface area contributed by atoms with Crippen molar-refractivity contribution in [3.63, 3.8) is 0 Å². The van der Waals surface area contributed by atoms with Gasteiger partial charge < -0.3 is 14.8 Å². The van der Waals surface area contributed by atoms with E-state index in [2.05, 4.69) is 5.32 Å². The van der Waals surface area contributed by atoms with E-state index < -0.39 is 10.0 Å². The third kappa shape index (κ3) is 5.35. The van der Waals surface area contributed by atoms with Gasteiger partial charge in [0.05, 0.1) is 11.4 Å². The summed E-state index contributed by atoms with van der Waals surface area (Å²) in [4.78, 5) is 12.7. The summed E-state index contributed by atoms with van der Waals surface area (Å²) >= 11 is 0. The second-order valence-electron chi connectivity index (χ2n) is 7.74. The molecule has 0 unspecified atom stereocenters. The molecule has 33 heavy (non-hydrogen) atoms. The Labute approximate surface area is 194 Å². The lowest BCUT2D eigenvalue weighted by molar-refractivity contribution is -0.121. The summed E-state index contributed by atoms with van der Waals surface area (Å²) < 4.78 is 37.9. The van der Waals surface area contributed by atoms with Crippen LogP contribution in [0.15, 0.2) is 83.8 Å². The van der Waals surface area contributed by atoms with Gasteiger partial charge in [-0.1, -0.05) is 60.7 Å². The predicted molar refractivity (Wildman–Crippen MR) is 125 cm³/mol. The summed E-state index contributed by atoms with van der Waals surface area (Å²) in [6.07, 6.45) is 0. The van der Waals surface area contributed by atoms with Crippen LogP contribution >= 0.6 is 0 Å². The summed E-state index contributed by atoms with van der Waals surface area (Å²) in [6.45, 7) is 0.836. The molecule has 4 rings (SSSR count). The molecule has 1 N–H and O–H groups in total. The van der Waals surface area contributed by atoms with Gasteiger partial charge in [-0.15, -0.1) is 0 Å². The summed E-state index contributed by atoms with van der Waals surface area (Å²) in [5, 5.41) is 2.89. The fourth-order valence-electron chi connectivity index (χ4n) is 3.72.